The first-order valence-corrected chi connectivity index (χ1v) is 4.39. The predicted molar refractivity (Wildman–Crippen MR) is 49.9 cm³/mol. The molecule has 2 rings (SSSR count). The topological polar surface area (TPSA) is 46.3 Å². The van der Waals surface area contributed by atoms with Crippen LogP contribution in [0, 0.1) is 5.82 Å². The summed E-state index contributed by atoms with van der Waals surface area (Å²) in [6, 6.07) is 5.47. The summed E-state index contributed by atoms with van der Waals surface area (Å²) in [7, 11) is 1.69. The lowest BCUT2D eigenvalue weighted by atomic mass is 9.90. The van der Waals surface area contributed by atoms with E-state index in [0.29, 0.717) is 0 Å². The summed E-state index contributed by atoms with van der Waals surface area (Å²) in [6.45, 7) is 0. The van der Waals surface area contributed by atoms with Crippen molar-refractivity contribution in [2.45, 2.75) is 12.1 Å². The third kappa shape index (κ3) is 1.19. The van der Waals surface area contributed by atoms with Gasteiger partial charge in [-0.2, -0.15) is 0 Å². The Morgan fingerprint density at radius 1 is 1.36 bits per heavy atom. The van der Waals surface area contributed by atoms with Crippen molar-refractivity contribution in [3.8, 4) is 0 Å². The minimum atomic E-state index is -0.481. The van der Waals surface area contributed by atoms with Crippen molar-refractivity contribution in [3.05, 3.63) is 35.6 Å². The highest BCUT2D eigenvalue weighted by molar-refractivity contribution is 5.89. The average Bonchev–Trinajstić information content (AvgIpc) is 2.21. The quantitative estimate of drug-likeness (QED) is 0.668. The monoisotopic (exact) mass is 194 g/mol. The Balaban J connectivity index is 2.24. The normalized spacial score (nSPS) is 26.2. The fourth-order valence-electron chi connectivity index (χ4n) is 1.76. The first-order chi connectivity index (χ1) is 6.61. The van der Waals surface area contributed by atoms with Crippen molar-refractivity contribution in [2.24, 2.45) is 5.73 Å². The molecule has 1 aromatic rings. The van der Waals surface area contributed by atoms with Gasteiger partial charge in [-0.15, -0.1) is 0 Å². The molecule has 1 aliphatic heterocycles. The Bertz CT molecular complexity index is 351. The Morgan fingerprint density at radius 2 is 1.93 bits per heavy atom. The summed E-state index contributed by atoms with van der Waals surface area (Å²) >= 11 is 0. The molecule has 3 nitrogen and oxygen atoms in total. The number of β-lactam (4-membered cyclic amide) rings is 1. The molecule has 0 aromatic heterocycles. The van der Waals surface area contributed by atoms with Crippen LogP contribution in [-0.4, -0.2) is 23.9 Å². The van der Waals surface area contributed by atoms with Crippen molar-refractivity contribution in [1.29, 1.82) is 0 Å². The van der Waals surface area contributed by atoms with Crippen LogP contribution in [0.15, 0.2) is 24.3 Å². The van der Waals surface area contributed by atoms with Crippen LogP contribution in [0.2, 0.25) is 0 Å². The maximum absolute atomic E-state index is 12.6. The molecule has 4 heteroatoms. The van der Waals surface area contributed by atoms with Crippen LogP contribution in [0.4, 0.5) is 4.39 Å². The second-order valence-electron chi connectivity index (χ2n) is 3.47. The summed E-state index contributed by atoms with van der Waals surface area (Å²) in [5, 5.41) is 0. The smallest absolute Gasteiger partial charge is 0.242 e. The van der Waals surface area contributed by atoms with Gasteiger partial charge in [0.15, 0.2) is 0 Å². The maximum atomic E-state index is 12.6. The minimum absolute atomic E-state index is 0.0701. The zero-order chi connectivity index (χ0) is 10.3. The van der Waals surface area contributed by atoms with E-state index in [1.54, 1.807) is 24.1 Å². The van der Waals surface area contributed by atoms with E-state index in [9.17, 15) is 9.18 Å². The lowest BCUT2D eigenvalue weighted by Crippen LogP contribution is -2.61. The summed E-state index contributed by atoms with van der Waals surface area (Å²) < 4.78 is 12.6. The molecule has 1 aromatic carbocycles. The number of nitrogens with zero attached hydrogens (tertiary/aromatic N) is 1. The number of hydrogen-bond donors (Lipinski definition) is 1. The van der Waals surface area contributed by atoms with E-state index in [4.69, 9.17) is 5.73 Å². The second-order valence-corrected chi connectivity index (χ2v) is 3.47. The predicted octanol–water partition coefficient (Wildman–Crippen LogP) is 0.666. The number of hydrogen-bond acceptors (Lipinski definition) is 2. The third-order valence-corrected chi connectivity index (χ3v) is 2.60. The molecule has 1 aliphatic rings. The zero-order valence-electron chi connectivity index (χ0n) is 7.77. The number of nitrogens with two attached hydrogens (primary N) is 1. The van der Waals surface area contributed by atoms with Gasteiger partial charge in [0, 0.05) is 7.05 Å². The Morgan fingerprint density at radius 3 is 2.43 bits per heavy atom. The van der Waals surface area contributed by atoms with Crippen LogP contribution in [0.3, 0.4) is 0 Å². The lowest BCUT2D eigenvalue weighted by Gasteiger charge is -2.43. The number of amides is 1. The van der Waals surface area contributed by atoms with Gasteiger partial charge in [0.2, 0.25) is 5.91 Å². The van der Waals surface area contributed by atoms with Gasteiger partial charge in [0.25, 0.3) is 0 Å². The summed E-state index contributed by atoms with van der Waals surface area (Å²) in [4.78, 5) is 12.7. The van der Waals surface area contributed by atoms with E-state index in [-0.39, 0.29) is 17.8 Å². The van der Waals surface area contributed by atoms with Gasteiger partial charge in [0.05, 0.1) is 6.04 Å². The van der Waals surface area contributed by atoms with Crippen LogP contribution in [0.1, 0.15) is 11.6 Å². The standard InChI is InChI=1S/C10H11FN2O/c1-13-9(8(12)10(13)14)6-2-4-7(11)5-3-6/h2-5,8-9H,12H2,1H3/t8-,9+/m1/s1. The highest BCUT2D eigenvalue weighted by Crippen LogP contribution is 2.31. The molecule has 2 atom stereocenters. The molecule has 0 aliphatic carbocycles. The molecule has 0 saturated carbocycles. The summed E-state index contributed by atoms with van der Waals surface area (Å²) in [5.41, 5.74) is 6.52. The molecule has 1 amide bonds. The highest BCUT2D eigenvalue weighted by atomic mass is 19.1. The Hall–Kier alpha value is -1.42. The van der Waals surface area contributed by atoms with E-state index >= 15 is 0 Å². The van der Waals surface area contributed by atoms with Crippen molar-refractivity contribution in [2.75, 3.05) is 7.05 Å². The molecule has 14 heavy (non-hydrogen) atoms. The van der Waals surface area contributed by atoms with Gasteiger partial charge in [-0.1, -0.05) is 12.1 Å². The van der Waals surface area contributed by atoms with Crippen LogP contribution >= 0.6 is 0 Å². The van der Waals surface area contributed by atoms with Crippen LogP contribution in [-0.2, 0) is 4.79 Å². The first-order valence-electron chi connectivity index (χ1n) is 4.39. The highest BCUT2D eigenvalue weighted by Gasteiger charge is 2.42. The lowest BCUT2D eigenvalue weighted by molar-refractivity contribution is -0.147. The number of likely N-dealkylation sites (tertiary alicyclic amines) is 1. The number of carbonyl (C=O) groups is 1. The number of halogens is 1. The maximum Gasteiger partial charge on any atom is 0.242 e. The molecule has 0 spiro atoms. The fourth-order valence-corrected chi connectivity index (χ4v) is 1.76. The van der Waals surface area contributed by atoms with Crippen molar-refractivity contribution >= 4 is 5.91 Å². The molecule has 74 valence electrons. The van der Waals surface area contributed by atoms with E-state index < -0.39 is 6.04 Å². The van der Waals surface area contributed by atoms with E-state index in [1.807, 2.05) is 0 Å². The van der Waals surface area contributed by atoms with Crippen molar-refractivity contribution in [1.82, 2.24) is 4.90 Å². The van der Waals surface area contributed by atoms with E-state index in [1.165, 1.54) is 12.1 Å². The van der Waals surface area contributed by atoms with E-state index in [0.717, 1.165) is 5.56 Å². The molecular weight excluding hydrogens is 183 g/mol. The van der Waals surface area contributed by atoms with Gasteiger partial charge in [-0.3, -0.25) is 4.79 Å². The summed E-state index contributed by atoms with van der Waals surface area (Å²) in [6.07, 6.45) is 0. The van der Waals surface area contributed by atoms with Crippen LogP contribution in [0.5, 0.6) is 0 Å². The SMILES string of the molecule is CN1C(=O)[C@H](N)[C@@H]1c1ccc(F)cc1. The molecule has 1 saturated heterocycles. The van der Waals surface area contributed by atoms with Crippen LogP contribution in [0.25, 0.3) is 0 Å². The average molecular weight is 194 g/mol. The Labute approximate surface area is 81.3 Å². The molecule has 1 heterocycles. The second kappa shape index (κ2) is 3.06. The molecule has 0 radical (unpaired) electrons. The van der Waals surface area contributed by atoms with Gasteiger partial charge in [-0.25, -0.2) is 4.39 Å². The van der Waals surface area contributed by atoms with Crippen molar-refractivity contribution in [3.63, 3.8) is 0 Å². The number of rotatable bonds is 1. The largest absolute Gasteiger partial charge is 0.335 e. The minimum Gasteiger partial charge on any atom is -0.335 e. The van der Waals surface area contributed by atoms with Gasteiger partial charge in [0.1, 0.15) is 11.9 Å². The van der Waals surface area contributed by atoms with Crippen molar-refractivity contribution < 1.29 is 9.18 Å². The van der Waals surface area contributed by atoms with Gasteiger partial charge >= 0.3 is 0 Å². The van der Waals surface area contributed by atoms with Gasteiger partial charge < -0.3 is 10.6 Å². The number of carbonyl (C=O) groups excluding carboxylic acids is 1. The van der Waals surface area contributed by atoms with Crippen LogP contribution < -0.4 is 5.73 Å². The summed E-state index contributed by atoms with van der Waals surface area (Å²) in [5.74, 6) is -0.352. The zero-order valence-corrected chi connectivity index (χ0v) is 7.77. The molecule has 0 unspecified atom stereocenters. The number of likely N-dealkylation sites (N-methyl/N-ethyl adjacent to an activating group) is 1. The Kier molecular flexibility index (Phi) is 2.00. The van der Waals surface area contributed by atoms with Gasteiger partial charge in [-0.05, 0) is 17.7 Å². The fraction of sp³-hybridized carbons (Fsp3) is 0.300. The number of benzene rings is 1. The first kappa shape index (κ1) is 9.15. The van der Waals surface area contributed by atoms with E-state index in [2.05, 4.69) is 0 Å². The molecule has 1 fully saturated rings. The third-order valence-electron chi connectivity index (χ3n) is 2.60. The molecular formula is C10H11FN2O. The molecule has 0 bridgehead atoms. The molecule has 2 N–H and O–H groups in total.